The van der Waals surface area contributed by atoms with Gasteiger partial charge in [-0.05, 0) is 55.6 Å². The maximum Gasteiger partial charge on any atom is 0.117 e. The number of hydrogen-bond donors (Lipinski definition) is 0. The van der Waals surface area contributed by atoms with Crippen molar-refractivity contribution in [1.29, 1.82) is 0 Å². The second-order valence-electron chi connectivity index (χ2n) is 5.58. The molecule has 0 saturated carbocycles. The van der Waals surface area contributed by atoms with Crippen LogP contribution in [0.4, 0.5) is 5.69 Å². The first kappa shape index (κ1) is 16.8. The van der Waals surface area contributed by atoms with Crippen molar-refractivity contribution >= 4 is 52.8 Å². The van der Waals surface area contributed by atoms with Crippen LogP contribution in [-0.2, 0) is 9.73 Å². The second kappa shape index (κ2) is 6.56. The first-order chi connectivity index (χ1) is 12.1. The number of fused-ring (bicyclic) bond motifs is 1. The molecule has 124 valence electrons. The Bertz CT molecular complexity index is 1110. The summed E-state index contributed by atoms with van der Waals surface area (Å²) in [5.74, 6) is 0. The predicted octanol–water partition coefficient (Wildman–Crippen LogP) is 6.73. The van der Waals surface area contributed by atoms with Gasteiger partial charge in [0, 0.05) is 15.6 Å². The quantitative estimate of drug-likeness (QED) is 0.404. The molecule has 0 aliphatic carbocycles. The summed E-state index contributed by atoms with van der Waals surface area (Å²) in [6, 6.07) is 25.3. The van der Waals surface area contributed by atoms with Crippen molar-refractivity contribution in [2.45, 2.75) is 4.90 Å². The Morgan fingerprint density at radius 1 is 0.760 bits per heavy atom. The van der Waals surface area contributed by atoms with Crippen LogP contribution in [-0.4, -0.2) is 4.21 Å². The lowest BCUT2D eigenvalue weighted by Gasteiger charge is -2.22. The van der Waals surface area contributed by atoms with Crippen LogP contribution in [0.25, 0.3) is 5.57 Å². The SMILES string of the molecule is O=S1(c2ccccc2Br)=Nc2ccccc2C(c2ccccc2)=C1Br. The minimum atomic E-state index is -2.81. The van der Waals surface area contributed by atoms with Gasteiger partial charge in [-0.15, -0.1) is 0 Å². The molecule has 0 bridgehead atoms. The van der Waals surface area contributed by atoms with E-state index in [4.69, 9.17) is 0 Å². The Hall–Kier alpha value is -1.69. The standard InChI is InChI=1S/C20H13Br2NOS/c21-16-11-5-7-13-18(16)25(24)20(22)19(14-8-2-1-3-9-14)15-10-4-6-12-17(15)23-25/h1-13H. The van der Waals surface area contributed by atoms with Crippen molar-refractivity contribution in [2.24, 2.45) is 4.36 Å². The molecule has 3 aromatic rings. The molecule has 0 saturated heterocycles. The lowest BCUT2D eigenvalue weighted by molar-refractivity contribution is 0.681. The van der Waals surface area contributed by atoms with E-state index in [0.29, 0.717) is 8.71 Å². The molecule has 1 atom stereocenters. The van der Waals surface area contributed by atoms with E-state index in [1.54, 1.807) is 0 Å². The van der Waals surface area contributed by atoms with E-state index in [1.807, 2.05) is 78.9 Å². The number of nitrogens with zero attached hydrogens (tertiary/aromatic N) is 1. The van der Waals surface area contributed by atoms with Gasteiger partial charge < -0.3 is 0 Å². The largest absolute Gasteiger partial charge is 0.239 e. The van der Waals surface area contributed by atoms with Crippen LogP contribution >= 0.6 is 31.9 Å². The van der Waals surface area contributed by atoms with E-state index in [0.717, 1.165) is 26.9 Å². The Labute approximate surface area is 164 Å². The van der Waals surface area contributed by atoms with Crippen LogP contribution in [0.3, 0.4) is 0 Å². The fourth-order valence-corrected chi connectivity index (χ4v) is 6.91. The van der Waals surface area contributed by atoms with Crippen molar-refractivity contribution < 1.29 is 4.21 Å². The summed E-state index contributed by atoms with van der Waals surface area (Å²) >= 11 is 7.17. The predicted molar refractivity (Wildman–Crippen MR) is 110 cm³/mol. The van der Waals surface area contributed by atoms with Crippen LogP contribution in [0.5, 0.6) is 0 Å². The second-order valence-corrected chi connectivity index (χ2v) is 9.83. The van der Waals surface area contributed by atoms with Gasteiger partial charge in [0.15, 0.2) is 0 Å². The van der Waals surface area contributed by atoms with Gasteiger partial charge in [-0.1, -0.05) is 60.7 Å². The van der Waals surface area contributed by atoms with Gasteiger partial charge in [0.25, 0.3) is 0 Å². The first-order valence-corrected chi connectivity index (χ1v) is 10.8. The summed E-state index contributed by atoms with van der Waals surface area (Å²) < 4.78 is 20.1. The van der Waals surface area contributed by atoms with Crippen molar-refractivity contribution in [3.8, 4) is 0 Å². The highest BCUT2D eigenvalue weighted by atomic mass is 79.9. The van der Waals surface area contributed by atoms with E-state index in [-0.39, 0.29) is 0 Å². The smallest absolute Gasteiger partial charge is 0.117 e. The maximum absolute atomic E-state index is 14.0. The molecule has 4 rings (SSSR count). The monoisotopic (exact) mass is 473 g/mol. The summed E-state index contributed by atoms with van der Waals surface area (Å²) in [4.78, 5) is 0.671. The molecule has 0 aromatic heterocycles. The normalized spacial score (nSPS) is 19.3. The summed E-state index contributed by atoms with van der Waals surface area (Å²) in [5, 5.41) is 0. The highest BCUT2D eigenvalue weighted by Gasteiger charge is 2.29. The first-order valence-electron chi connectivity index (χ1n) is 7.67. The Morgan fingerprint density at radius 2 is 1.40 bits per heavy atom. The molecule has 5 heteroatoms. The minimum absolute atomic E-state index is 0.608. The van der Waals surface area contributed by atoms with Gasteiger partial charge >= 0.3 is 0 Å². The molecule has 3 aromatic carbocycles. The van der Waals surface area contributed by atoms with Gasteiger partial charge in [0.05, 0.1) is 10.6 Å². The minimum Gasteiger partial charge on any atom is -0.239 e. The summed E-state index contributed by atoms with van der Waals surface area (Å²) in [5.41, 5.74) is 3.65. The number of benzene rings is 3. The summed E-state index contributed by atoms with van der Waals surface area (Å²) in [6.07, 6.45) is 0. The lowest BCUT2D eigenvalue weighted by Crippen LogP contribution is -2.08. The van der Waals surface area contributed by atoms with Gasteiger partial charge in [0.2, 0.25) is 0 Å². The number of halogens is 2. The molecule has 0 fully saturated rings. The van der Waals surface area contributed by atoms with E-state index < -0.39 is 9.73 Å². The van der Waals surface area contributed by atoms with Crippen molar-refractivity contribution in [1.82, 2.24) is 0 Å². The summed E-state index contributed by atoms with van der Waals surface area (Å²) in [7, 11) is -2.81. The van der Waals surface area contributed by atoms with E-state index in [2.05, 4.69) is 36.2 Å². The molecule has 1 unspecified atom stereocenters. The van der Waals surface area contributed by atoms with Gasteiger partial charge in [-0.2, -0.15) is 4.36 Å². The average molecular weight is 475 g/mol. The van der Waals surface area contributed by atoms with Crippen molar-refractivity contribution in [2.75, 3.05) is 0 Å². The molecule has 0 spiro atoms. The fraction of sp³-hybridized carbons (Fsp3) is 0. The highest BCUT2D eigenvalue weighted by molar-refractivity contribution is 9.14. The third-order valence-corrected chi connectivity index (χ3v) is 8.80. The average Bonchev–Trinajstić information content (AvgIpc) is 2.64. The Kier molecular flexibility index (Phi) is 4.40. The van der Waals surface area contributed by atoms with Crippen LogP contribution in [0.2, 0.25) is 0 Å². The van der Waals surface area contributed by atoms with Crippen LogP contribution in [0.15, 0.2) is 96.4 Å². The lowest BCUT2D eigenvalue weighted by atomic mass is 9.98. The molecule has 1 heterocycles. The molecule has 1 aliphatic rings. The third kappa shape index (κ3) is 2.80. The van der Waals surface area contributed by atoms with Crippen molar-refractivity contribution in [3.05, 3.63) is 98.3 Å². The zero-order valence-corrected chi connectivity index (χ0v) is 17.0. The molecule has 0 radical (unpaired) electrons. The molecule has 25 heavy (non-hydrogen) atoms. The zero-order valence-electron chi connectivity index (χ0n) is 13.0. The van der Waals surface area contributed by atoms with E-state index in [9.17, 15) is 4.21 Å². The molecule has 2 nitrogen and oxygen atoms in total. The van der Waals surface area contributed by atoms with E-state index >= 15 is 0 Å². The number of hydrogen-bond acceptors (Lipinski definition) is 2. The zero-order chi connectivity index (χ0) is 17.4. The molecule has 0 N–H and O–H groups in total. The Morgan fingerprint density at radius 3 is 2.16 bits per heavy atom. The molecule has 1 aliphatic heterocycles. The molecular weight excluding hydrogens is 462 g/mol. The van der Waals surface area contributed by atoms with Crippen molar-refractivity contribution in [3.63, 3.8) is 0 Å². The van der Waals surface area contributed by atoms with Gasteiger partial charge in [-0.25, -0.2) is 4.21 Å². The van der Waals surface area contributed by atoms with Gasteiger partial charge in [0.1, 0.15) is 13.5 Å². The van der Waals surface area contributed by atoms with Crippen LogP contribution in [0, 0.1) is 0 Å². The molecule has 0 amide bonds. The Balaban J connectivity index is 2.11. The number of rotatable bonds is 2. The van der Waals surface area contributed by atoms with Crippen LogP contribution < -0.4 is 0 Å². The topological polar surface area (TPSA) is 29.4 Å². The molecular formula is C20H13Br2NOS. The fourth-order valence-electron chi connectivity index (χ4n) is 2.88. The summed E-state index contributed by atoms with van der Waals surface area (Å²) in [6.45, 7) is 0. The maximum atomic E-state index is 14.0. The van der Waals surface area contributed by atoms with Crippen LogP contribution in [0.1, 0.15) is 11.1 Å². The van der Waals surface area contributed by atoms with Gasteiger partial charge in [-0.3, -0.25) is 0 Å². The highest BCUT2D eigenvalue weighted by Crippen LogP contribution is 2.46. The van der Waals surface area contributed by atoms with E-state index in [1.165, 1.54) is 0 Å². The third-order valence-electron chi connectivity index (χ3n) is 4.04.